The number of benzene rings is 1. The third-order valence-electron chi connectivity index (χ3n) is 4.98. The first-order valence-corrected chi connectivity index (χ1v) is 8.37. The van der Waals surface area contributed by atoms with Gasteiger partial charge in [0.2, 0.25) is 0 Å². The van der Waals surface area contributed by atoms with Gasteiger partial charge in [0.05, 0.1) is 0 Å². The molecule has 1 heteroatoms. The molecule has 1 atom stereocenters. The third kappa shape index (κ3) is 3.73. The Hall–Kier alpha value is -1.08. The molecule has 1 heterocycles. The Bertz CT molecular complexity index is 419. The number of piperidine rings is 1. The summed E-state index contributed by atoms with van der Waals surface area (Å²) in [5.74, 6) is 1.01. The molecule has 3 rings (SSSR count). The lowest BCUT2D eigenvalue weighted by atomic mass is 9.84. The maximum atomic E-state index is 2.78. The van der Waals surface area contributed by atoms with Gasteiger partial charge in [-0.15, -0.1) is 0 Å². The van der Waals surface area contributed by atoms with Crippen LogP contribution in [0.2, 0.25) is 0 Å². The molecule has 1 unspecified atom stereocenters. The van der Waals surface area contributed by atoms with Crippen LogP contribution in [0.3, 0.4) is 0 Å². The van der Waals surface area contributed by atoms with Crippen molar-refractivity contribution in [1.29, 1.82) is 0 Å². The molecule has 1 saturated heterocycles. The van der Waals surface area contributed by atoms with Crippen LogP contribution in [0.1, 0.15) is 50.5 Å². The van der Waals surface area contributed by atoms with Gasteiger partial charge in [0, 0.05) is 12.6 Å². The van der Waals surface area contributed by atoms with Crippen molar-refractivity contribution in [1.82, 2.24) is 4.90 Å². The molecule has 0 amide bonds. The van der Waals surface area contributed by atoms with E-state index in [9.17, 15) is 0 Å². The second kappa shape index (κ2) is 7.08. The summed E-state index contributed by atoms with van der Waals surface area (Å²) >= 11 is 0. The van der Waals surface area contributed by atoms with Gasteiger partial charge in [-0.25, -0.2) is 0 Å². The Morgan fingerprint density at radius 1 is 1.00 bits per heavy atom. The first kappa shape index (κ1) is 13.9. The fourth-order valence-electron chi connectivity index (χ4n) is 3.50. The smallest absolute Gasteiger partial charge is 0.0130 e. The highest BCUT2D eigenvalue weighted by atomic mass is 15.2. The average molecular weight is 269 g/mol. The van der Waals surface area contributed by atoms with Crippen LogP contribution in [0.4, 0.5) is 0 Å². The van der Waals surface area contributed by atoms with Gasteiger partial charge in [0.15, 0.2) is 0 Å². The van der Waals surface area contributed by atoms with Crippen LogP contribution in [0.15, 0.2) is 36.4 Å². The average Bonchev–Trinajstić information content (AvgIpc) is 2.45. The summed E-state index contributed by atoms with van der Waals surface area (Å²) in [5, 5.41) is 0. The van der Waals surface area contributed by atoms with E-state index in [1.807, 2.05) is 0 Å². The molecule has 0 aromatic heterocycles. The Morgan fingerprint density at radius 2 is 1.85 bits per heavy atom. The van der Waals surface area contributed by atoms with Gasteiger partial charge in [0.25, 0.3) is 0 Å². The van der Waals surface area contributed by atoms with E-state index >= 15 is 0 Å². The Kier molecular flexibility index (Phi) is 4.91. The summed E-state index contributed by atoms with van der Waals surface area (Å²) in [4.78, 5) is 2.78. The fourth-order valence-corrected chi connectivity index (χ4v) is 3.50. The molecule has 0 bridgehead atoms. The molecular weight excluding hydrogens is 242 g/mol. The quantitative estimate of drug-likeness (QED) is 0.746. The van der Waals surface area contributed by atoms with Crippen LogP contribution < -0.4 is 0 Å². The highest BCUT2D eigenvalue weighted by Crippen LogP contribution is 2.30. The highest BCUT2D eigenvalue weighted by Gasteiger charge is 2.26. The molecule has 1 saturated carbocycles. The van der Waals surface area contributed by atoms with Crippen LogP contribution >= 0.6 is 0 Å². The highest BCUT2D eigenvalue weighted by molar-refractivity contribution is 5.48. The van der Waals surface area contributed by atoms with Gasteiger partial charge in [-0.1, -0.05) is 55.3 Å². The summed E-state index contributed by atoms with van der Waals surface area (Å²) in [6.07, 6.45) is 14.5. The summed E-state index contributed by atoms with van der Waals surface area (Å²) in [6, 6.07) is 11.5. The predicted molar refractivity (Wildman–Crippen MR) is 86.6 cm³/mol. The first-order chi connectivity index (χ1) is 9.92. The van der Waals surface area contributed by atoms with Gasteiger partial charge in [0.1, 0.15) is 0 Å². The van der Waals surface area contributed by atoms with Crippen molar-refractivity contribution in [2.24, 2.45) is 5.92 Å². The van der Waals surface area contributed by atoms with E-state index in [-0.39, 0.29) is 0 Å². The van der Waals surface area contributed by atoms with E-state index in [1.165, 1.54) is 63.6 Å². The van der Waals surface area contributed by atoms with Crippen LogP contribution in [-0.4, -0.2) is 24.0 Å². The van der Waals surface area contributed by atoms with E-state index < -0.39 is 0 Å². The van der Waals surface area contributed by atoms with Gasteiger partial charge >= 0.3 is 0 Å². The van der Waals surface area contributed by atoms with Crippen molar-refractivity contribution in [2.75, 3.05) is 13.1 Å². The summed E-state index contributed by atoms with van der Waals surface area (Å²) in [7, 11) is 0. The largest absolute Gasteiger partial charge is 0.300 e. The second-order valence-corrected chi connectivity index (χ2v) is 6.49. The number of hydrogen-bond acceptors (Lipinski definition) is 1. The number of nitrogens with zero attached hydrogens (tertiary/aromatic N) is 1. The summed E-state index contributed by atoms with van der Waals surface area (Å²) in [5.41, 5.74) is 1.33. The Morgan fingerprint density at radius 3 is 2.60 bits per heavy atom. The lowest BCUT2D eigenvalue weighted by molar-refractivity contribution is 0.102. The summed E-state index contributed by atoms with van der Waals surface area (Å²) < 4.78 is 0. The molecule has 108 valence electrons. The fraction of sp³-hybridized carbons (Fsp3) is 0.579. The van der Waals surface area contributed by atoms with Crippen molar-refractivity contribution < 1.29 is 0 Å². The van der Waals surface area contributed by atoms with E-state index in [0.29, 0.717) is 0 Å². The normalized spacial score (nSPS) is 24.9. The van der Waals surface area contributed by atoms with Gasteiger partial charge in [-0.3, -0.25) is 4.90 Å². The molecule has 1 aromatic rings. The monoisotopic (exact) mass is 269 g/mol. The van der Waals surface area contributed by atoms with Crippen molar-refractivity contribution in [3.05, 3.63) is 42.0 Å². The maximum Gasteiger partial charge on any atom is 0.0130 e. The zero-order valence-corrected chi connectivity index (χ0v) is 12.5. The predicted octanol–water partition coefficient (Wildman–Crippen LogP) is 4.74. The molecule has 20 heavy (non-hydrogen) atoms. The third-order valence-corrected chi connectivity index (χ3v) is 4.98. The van der Waals surface area contributed by atoms with E-state index in [2.05, 4.69) is 47.4 Å². The van der Waals surface area contributed by atoms with Crippen LogP contribution in [0.25, 0.3) is 6.08 Å². The number of hydrogen-bond donors (Lipinski definition) is 0. The van der Waals surface area contributed by atoms with Crippen molar-refractivity contribution >= 4 is 6.08 Å². The lowest BCUT2D eigenvalue weighted by Crippen LogP contribution is -2.43. The molecule has 1 nitrogen and oxygen atoms in total. The van der Waals surface area contributed by atoms with E-state index in [1.54, 1.807) is 0 Å². The van der Waals surface area contributed by atoms with Gasteiger partial charge in [-0.05, 0) is 50.1 Å². The zero-order chi connectivity index (χ0) is 13.6. The molecule has 1 aliphatic heterocycles. The molecule has 2 fully saturated rings. The topological polar surface area (TPSA) is 3.24 Å². The standard InChI is InChI=1S/C19H27N/c1-2-8-17(9-3-1)10-7-14-19-13-4-5-15-20(19)16-18-11-6-12-18/h1-3,7-10,18-19H,4-6,11-16H2/b10-7+. The van der Waals surface area contributed by atoms with E-state index in [0.717, 1.165) is 12.0 Å². The summed E-state index contributed by atoms with van der Waals surface area (Å²) in [6.45, 7) is 2.70. The van der Waals surface area contributed by atoms with Gasteiger partial charge < -0.3 is 0 Å². The van der Waals surface area contributed by atoms with Crippen LogP contribution in [0.5, 0.6) is 0 Å². The number of rotatable bonds is 5. The first-order valence-electron chi connectivity index (χ1n) is 8.37. The maximum absolute atomic E-state index is 2.78. The molecule has 0 spiro atoms. The minimum absolute atomic E-state index is 0.796. The Labute approximate surface area is 123 Å². The van der Waals surface area contributed by atoms with E-state index in [4.69, 9.17) is 0 Å². The zero-order valence-electron chi connectivity index (χ0n) is 12.5. The van der Waals surface area contributed by atoms with Crippen LogP contribution in [-0.2, 0) is 0 Å². The van der Waals surface area contributed by atoms with Gasteiger partial charge in [-0.2, -0.15) is 0 Å². The van der Waals surface area contributed by atoms with Crippen molar-refractivity contribution in [2.45, 2.75) is 51.0 Å². The molecular formula is C19H27N. The van der Waals surface area contributed by atoms with Crippen molar-refractivity contribution in [3.63, 3.8) is 0 Å². The molecule has 0 N–H and O–H groups in total. The minimum atomic E-state index is 0.796. The Balaban J connectivity index is 1.52. The molecule has 1 aromatic carbocycles. The van der Waals surface area contributed by atoms with Crippen molar-refractivity contribution in [3.8, 4) is 0 Å². The minimum Gasteiger partial charge on any atom is -0.300 e. The SMILES string of the molecule is C(=C\c1ccccc1)/CC1CCCCN1CC1CCC1. The lowest BCUT2D eigenvalue weighted by Gasteiger charge is -2.40. The number of likely N-dealkylation sites (tertiary alicyclic amines) is 1. The molecule has 1 aliphatic carbocycles. The molecule has 2 aliphatic rings. The van der Waals surface area contributed by atoms with Crippen LogP contribution in [0, 0.1) is 5.92 Å². The second-order valence-electron chi connectivity index (χ2n) is 6.49. The molecule has 0 radical (unpaired) electrons.